The number of aryl methyl sites for hydroxylation is 2. The van der Waals surface area contributed by atoms with Crippen molar-refractivity contribution in [1.82, 2.24) is 9.88 Å². The van der Waals surface area contributed by atoms with Gasteiger partial charge in [0.1, 0.15) is 4.32 Å². The Hall–Kier alpha value is -0.660. The zero-order valence-corrected chi connectivity index (χ0v) is 13.6. The number of thiocarbonyl (C=S) groups is 1. The molecule has 0 bridgehead atoms. The van der Waals surface area contributed by atoms with Gasteiger partial charge >= 0.3 is 0 Å². The molecule has 4 nitrogen and oxygen atoms in total. The summed E-state index contributed by atoms with van der Waals surface area (Å²) in [4.78, 5) is 19.9. The predicted molar refractivity (Wildman–Crippen MR) is 88.6 cm³/mol. The van der Waals surface area contributed by atoms with Gasteiger partial charge in [-0.25, -0.2) is 4.98 Å². The Kier molecular flexibility index (Phi) is 4.58. The standard InChI is InChI=1S/C13H17N3OS3/c17-11(8-19-13(18)16-6-1-2-7-16)15-12-14-9-4-3-5-10(9)20-12/h1-8H2,(H,14,15,17). The lowest BCUT2D eigenvalue weighted by Gasteiger charge is -2.17. The highest BCUT2D eigenvalue weighted by Gasteiger charge is 2.19. The van der Waals surface area contributed by atoms with E-state index >= 15 is 0 Å². The number of carbonyl (C=O) groups excluding carboxylic acids is 1. The average Bonchev–Trinajstić information content (AvgIpc) is 3.11. The Labute approximate surface area is 132 Å². The summed E-state index contributed by atoms with van der Waals surface area (Å²) in [6, 6.07) is 0. The first-order valence-electron chi connectivity index (χ1n) is 6.92. The van der Waals surface area contributed by atoms with Crippen LogP contribution in [0, 0.1) is 0 Å². The number of rotatable bonds is 3. The number of nitrogens with one attached hydrogen (secondary N) is 1. The Balaban J connectivity index is 1.45. The van der Waals surface area contributed by atoms with E-state index in [2.05, 4.69) is 15.2 Å². The van der Waals surface area contributed by atoms with Crippen LogP contribution in [-0.4, -0.2) is 39.0 Å². The van der Waals surface area contributed by atoms with E-state index in [4.69, 9.17) is 12.2 Å². The van der Waals surface area contributed by atoms with Crippen molar-refractivity contribution < 1.29 is 4.79 Å². The average molecular weight is 328 g/mol. The third-order valence-corrected chi connectivity index (χ3v) is 6.13. The predicted octanol–water partition coefficient (Wildman–Crippen LogP) is 2.68. The van der Waals surface area contributed by atoms with Gasteiger partial charge in [0.05, 0.1) is 11.4 Å². The maximum atomic E-state index is 11.9. The maximum absolute atomic E-state index is 11.9. The molecule has 1 aliphatic heterocycles. The molecule has 1 N–H and O–H groups in total. The summed E-state index contributed by atoms with van der Waals surface area (Å²) >= 11 is 8.41. The Morgan fingerprint density at radius 2 is 2.15 bits per heavy atom. The highest BCUT2D eigenvalue weighted by molar-refractivity contribution is 8.23. The highest BCUT2D eigenvalue weighted by Crippen LogP contribution is 2.30. The van der Waals surface area contributed by atoms with E-state index in [0.717, 1.165) is 35.4 Å². The maximum Gasteiger partial charge on any atom is 0.236 e. The molecule has 20 heavy (non-hydrogen) atoms. The fraction of sp³-hybridized carbons (Fsp3) is 0.615. The Bertz CT molecular complexity index is 501. The van der Waals surface area contributed by atoms with Crippen molar-refractivity contribution in [3.05, 3.63) is 10.6 Å². The molecule has 0 radical (unpaired) electrons. The van der Waals surface area contributed by atoms with E-state index in [1.807, 2.05) is 0 Å². The molecule has 3 rings (SSSR count). The van der Waals surface area contributed by atoms with Gasteiger partial charge in [0.2, 0.25) is 5.91 Å². The van der Waals surface area contributed by atoms with Crippen LogP contribution in [0.15, 0.2) is 0 Å². The molecular formula is C13H17N3OS3. The molecular weight excluding hydrogens is 310 g/mol. The molecule has 0 saturated carbocycles. The van der Waals surface area contributed by atoms with Crippen LogP contribution in [0.1, 0.15) is 29.8 Å². The molecule has 1 saturated heterocycles. The smallest absolute Gasteiger partial charge is 0.236 e. The van der Waals surface area contributed by atoms with Crippen molar-refractivity contribution in [3.8, 4) is 0 Å². The molecule has 0 spiro atoms. The number of nitrogens with zero attached hydrogens (tertiary/aromatic N) is 2. The van der Waals surface area contributed by atoms with Crippen molar-refractivity contribution in [1.29, 1.82) is 0 Å². The summed E-state index contributed by atoms with van der Waals surface area (Å²) in [5, 5.41) is 3.63. The quantitative estimate of drug-likeness (QED) is 0.865. The van der Waals surface area contributed by atoms with Crippen molar-refractivity contribution in [2.75, 3.05) is 24.2 Å². The number of anilines is 1. The Morgan fingerprint density at radius 1 is 1.35 bits per heavy atom. The molecule has 1 amide bonds. The third-order valence-electron chi connectivity index (χ3n) is 3.53. The second-order valence-electron chi connectivity index (χ2n) is 5.04. The number of hydrogen-bond acceptors (Lipinski definition) is 5. The van der Waals surface area contributed by atoms with Crippen LogP contribution in [-0.2, 0) is 17.6 Å². The van der Waals surface area contributed by atoms with E-state index in [1.54, 1.807) is 11.3 Å². The summed E-state index contributed by atoms with van der Waals surface area (Å²) in [6.07, 6.45) is 5.77. The zero-order valence-electron chi connectivity index (χ0n) is 11.2. The van der Waals surface area contributed by atoms with E-state index in [-0.39, 0.29) is 5.91 Å². The van der Waals surface area contributed by atoms with Crippen molar-refractivity contribution in [2.24, 2.45) is 0 Å². The van der Waals surface area contributed by atoms with Crippen LogP contribution < -0.4 is 5.32 Å². The summed E-state index contributed by atoms with van der Waals surface area (Å²) in [7, 11) is 0. The fourth-order valence-electron chi connectivity index (χ4n) is 2.52. The van der Waals surface area contributed by atoms with Crippen LogP contribution in [0.5, 0.6) is 0 Å². The van der Waals surface area contributed by atoms with Gasteiger partial charge in [-0.2, -0.15) is 0 Å². The Morgan fingerprint density at radius 3 is 2.90 bits per heavy atom. The summed E-state index contributed by atoms with van der Waals surface area (Å²) < 4.78 is 0.847. The van der Waals surface area contributed by atoms with Gasteiger partial charge in [-0.1, -0.05) is 24.0 Å². The van der Waals surface area contributed by atoms with Gasteiger partial charge in [-0.15, -0.1) is 11.3 Å². The second kappa shape index (κ2) is 6.41. The lowest BCUT2D eigenvalue weighted by molar-refractivity contribution is -0.113. The zero-order chi connectivity index (χ0) is 13.9. The molecule has 0 aromatic carbocycles. The van der Waals surface area contributed by atoms with Gasteiger partial charge in [-0.3, -0.25) is 4.79 Å². The molecule has 7 heteroatoms. The van der Waals surface area contributed by atoms with Gasteiger partial charge in [0.25, 0.3) is 0 Å². The van der Waals surface area contributed by atoms with Gasteiger partial charge < -0.3 is 10.2 Å². The van der Waals surface area contributed by atoms with Crippen LogP contribution in [0.25, 0.3) is 0 Å². The van der Waals surface area contributed by atoms with Gasteiger partial charge in [0, 0.05) is 18.0 Å². The normalized spacial score (nSPS) is 17.3. The summed E-state index contributed by atoms with van der Waals surface area (Å²) in [5.41, 5.74) is 1.17. The highest BCUT2D eigenvalue weighted by atomic mass is 32.2. The molecule has 2 heterocycles. The lowest BCUT2D eigenvalue weighted by atomic mass is 10.4. The summed E-state index contributed by atoms with van der Waals surface area (Å²) in [5.74, 6) is 0.364. The first-order chi connectivity index (χ1) is 9.72. The second-order valence-corrected chi connectivity index (χ2v) is 7.73. The van der Waals surface area contributed by atoms with Crippen molar-refractivity contribution >= 4 is 50.7 Å². The lowest BCUT2D eigenvalue weighted by Crippen LogP contribution is -2.25. The number of fused-ring (bicyclic) bond motifs is 1. The molecule has 0 unspecified atom stereocenters. The molecule has 1 aromatic rings. The van der Waals surface area contributed by atoms with Gasteiger partial charge in [0.15, 0.2) is 5.13 Å². The number of likely N-dealkylation sites (tertiary alicyclic amines) is 1. The molecule has 1 aromatic heterocycles. The van der Waals surface area contributed by atoms with E-state index < -0.39 is 0 Å². The minimum Gasteiger partial charge on any atom is -0.358 e. The molecule has 1 aliphatic carbocycles. The third kappa shape index (κ3) is 3.32. The van der Waals surface area contributed by atoms with Crippen LogP contribution in [0.3, 0.4) is 0 Å². The molecule has 108 valence electrons. The number of thioether (sulfide) groups is 1. The topological polar surface area (TPSA) is 45.2 Å². The summed E-state index contributed by atoms with van der Waals surface area (Å²) in [6.45, 7) is 2.07. The van der Waals surface area contributed by atoms with E-state index in [1.165, 1.54) is 41.6 Å². The van der Waals surface area contributed by atoms with E-state index in [0.29, 0.717) is 5.75 Å². The SMILES string of the molecule is O=C(CSC(=S)N1CCCC1)Nc1nc2c(s1)CCC2. The first-order valence-corrected chi connectivity index (χ1v) is 9.13. The number of thiazole rings is 1. The first kappa shape index (κ1) is 14.3. The van der Waals surface area contributed by atoms with Crippen LogP contribution in [0.2, 0.25) is 0 Å². The number of carbonyl (C=O) groups is 1. The largest absolute Gasteiger partial charge is 0.358 e. The van der Waals surface area contributed by atoms with Crippen molar-refractivity contribution in [2.45, 2.75) is 32.1 Å². The molecule has 1 fully saturated rings. The molecule has 0 atom stereocenters. The number of amides is 1. The molecule has 2 aliphatic rings. The van der Waals surface area contributed by atoms with Crippen LogP contribution >= 0.6 is 35.3 Å². The fourth-order valence-corrected chi connectivity index (χ4v) is 4.63. The number of aromatic nitrogens is 1. The van der Waals surface area contributed by atoms with Crippen LogP contribution in [0.4, 0.5) is 5.13 Å². The van der Waals surface area contributed by atoms with E-state index in [9.17, 15) is 4.79 Å². The minimum atomic E-state index is -0.0102. The van der Waals surface area contributed by atoms with Crippen molar-refractivity contribution in [3.63, 3.8) is 0 Å². The number of hydrogen-bond donors (Lipinski definition) is 1. The van der Waals surface area contributed by atoms with Gasteiger partial charge in [-0.05, 0) is 32.1 Å². The monoisotopic (exact) mass is 327 g/mol. The minimum absolute atomic E-state index is 0.0102.